The maximum Gasteiger partial charge on any atom is 0.251 e. The first-order valence-corrected chi connectivity index (χ1v) is 7.37. The van der Waals surface area contributed by atoms with Crippen LogP contribution in [0, 0.1) is 12.8 Å². The van der Waals surface area contributed by atoms with Crippen molar-refractivity contribution in [3.05, 3.63) is 29.3 Å². The van der Waals surface area contributed by atoms with Gasteiger partial charge < -0.3 is 15.7 Å². The van der Waals surface area contributed by atoms with Gasteiger partial charge in [-0.3, -0.25) is 4.79 Å². The average Bonchev–Trinajstić information content (AvgIpc) is 2.84. The zero-order chi connectivity index (χ0) is 14.5. The summed E-state index contributed by atoms with van der Waals surface area (Å²) < 4.78 is 0. The number of carbonyl (C=O) groups excluding carboxylic acids is 1. The maximum absolute atomic E-state index is 12.0. The highest BCUT2D eigenvalue weighted by Gasteiger charge is 2.22. The molecule has 2 rings (SSSR count). The Labute approximate surface area is 120 Å². The van der Waals surface area contributed by atoms with Crippen LogP contribution in [-0.4, -0.2) is 30.2 Å². The highest BCUT2D eigenvalue weighted by Crippen LogP contribution is 2.29. The Morgan fingerprint density at radius 2 is 2.20 bits per heavy atom. The van der Waals surface area contributed by atoms with Crippen LogP contribution < -0.4 is 10.6 Å². The van der Waals surface area contributed by atoms with E-state index < -0.39 is 0 Å². The fourth-order valence-corrected chi connectivity index (χ4v) is 2.86. The molecule has 1 amide bonds. The standard InChI is InChI=1S/C16H24N2O2/c1-11-6-7-13(10-11)18-15-5-3-4-14(12(15)2)16(20)17-8-9-19/h3-5,11,13,18-19H,6-10H2,1-2H3,(H,17,20). The van der Waals surface area contributed by atoms with Gasteiger partial charge in [0.25, 0.3) is 5.91 Å². The SMILES string of the molecule is Cc1c(NC2CCC(C)C2)cccc1C(=O)NCCO. The Kier molecular flexibility index (Phi) is 5.01. The monoisotopic (exact) mass is 276 g/mol. The number of amides is 1. The quantitative estimate of drug-likeness (QED) is 0.773. The summed E-state index contributed by atoms with van der Waals surface area (Å²) in [5, 5.41) is 15.0. The third-order valence-corrected chi connectivity index (χ3v) is 4.03. The van der Waals surface area contributed by atoms with Gasteiger partial charge in [0.05, 0.1) is 6.61 Å². The normalized spacial score (nSPS) is 21.8. The molecule has 1 saturated carbocycles. The van der Waals surface area contributed by atoms with Gasteiger partial charge in [0.15, 0.2) is 0 Å². The molecule has 0 radical (unpaired) electrons. The molecular formula is C16H24N2O2. The van der Waals surface area contributed by atoms with Crippen LogP contribution in [0.5, 0.6) is 0 Å². The van der Waals surface area contributed by atoms with E-state index in [1.165, 1.54) is 19.3 Å². The summed E-state index contributed by atoms with van der Waals surface area (Å²) in [5.74, 6) is 0.656. The largest absolute Gasteiger partial charge is 0.395 e. The minimum Gasteiger partial charge on any atom is -0.395 e. The Balaban J connectivity index is 2.08. The van der Waals surface area contributed by atoms with Gasteiger partial charge in [-0.25, -0.2) is 0 Å². The van der Waals surface area contributed by atoms with Crippen molar-refractivity contribution in [2.45, 2.75) is 39.2 Å². The number of benzene rings is 1. The molecule has 0 spiro atoms. The lowest BCUT2D eigenvalue weighted by atomic mass is 10.0. The fourth-order valence-electron chi connectivity index (χ4n) is 2.86. The summed E-state index contributed by atoms with van der Waals surface area (Å²) in [5.41, 5.74) is 2.69. The molecule has 0 bridgehead atoms. The molecule has 3 N–H and O–H groups in total. The van der Waals surface area contributed by atoms with E-state index >= 15 is 0 Å². The van der Waals surface area contributed by atoms with E-state index in [0.29, 0.717) is 11.6 Å². The molecule has 0 aliphatic heterocycles. The van der Waals surface area contributed by atoms with E-state index in [4.69, 9.17) is 5.11 Å². The number of anilines is 1. The molecule has 4 heteroatoms. The van der Waals surface area contributed by atoms with Crippen LogP contribution in [0.25, 0.3) is 0 Å². The molecule has 2 atom stereocenters. The van der Waals surface area contributed by atoms with Crippen LogP contribution in [-0.2, 0) is 0 Å². The number of aliphatic hydroxyl groups excluding tert-OH is 1. The third-order valence-electron chi connectivity index (χ3n) is 4.03. The van der Waals surface area contributed by atoms with Crippen LogP contribution in [0.1, 0.15) is 42.1 Å². The first-order chi connectivity index (χ1) is 9.61. The zero-order valence-corrected chi connectivity index (χ0v) is 12.3. The lowest BCUT2D eigenvalue weighted by Gasteiger charge is -2.18. The predicted octanol–water partition coefficient (Wildman–Crippen LogP) is 2.32. The van der Waals surface area contributed by atoms with Crippen LogP contribution in [0.15, 0.2) is 18.2 Å². The summed E-state index contributed by atoms with van der Waals surface area (Å²) in [7, 11) is 0. The molecule has 0 aromatic heterocycles. The maximum atomic E-state index is 12.0. The van der Waals surface area contributed by atoms with Crippen molar-refractivity contribution < 1.29 is 9.90 Å². The van der Waals surface area contributed by atoms with E-state index in [9.17, 15) is 4.79 Å². The van der Waals surface area contributed by atoms with Gasteiger partial charge in [0.2, 0.25) is 0 Å². The topological polar surface area (TPSA) is 61.4 Å². The smallest absolute Gasteiger partial charge is 0.251 e. The van der Waals surface area contributed by atoms with Gasteiger partial charge >= 0.3 is 0 Å². The summed E-state index contributed by atoms with van der Waals surface area (Å²) in [6.45, 7) is 4.50. The van der Waals surface area contributed by atoms with Crippen molar-refractivity contribution in [3.8, 4) is 0 Å². The summed E-state index contributed by atoms with van der Waals surface area (Å²) >= 11 is 0. The van der Waals surface area contributed by atoms with Crippen molar-refractivity contribution in [2.24, 2.45) is 5.92 Å². The molecule has 1 aromatic rings. The molecule has 0 heterocycles. The Morgan fingerprint density at radius 1 is 1.40 bits per heavy atom. The van der Waals surface area contributed by atoms with Crippen molar-refractivity contribution in [2.75, 3.05) is 18.5 Å². The van der Waals surface area contributed by atoms with Gasteiger partial charge in [0, 0.05) is 23.8 Å². The minimum absolute atomic E-state index is 0.0390. The summed E-state index contributed by atoms with van der Waals surface area (Å²) in [4.78, 5) is 12.0. The first kappa shape index (κ1) is 14.9. The molecule has 4 nitrogen and oxygen atoms in total. The van der Waals surface area contributed by atoms with Crippen LogP contribution >= 0.6 is 0 Å². The zero-order valence-electron chi connectivity index (χ0n) is 12.3. The van der Waals surface area contributed by atoms with E-state index in [1.54, 1.807) is 0 Å². The first-order valence-electron chi connectivity index (χ1n) is 7.37. The lowest BCUT2D eigenvalue weighted by molar-refractivity contribution is 0.0944. The lowest BCUT2D eigenvalue weighted by Crippen LogP contribution is -2.27. The average molecular weight is 276 g/mol. The summed E-state index contributed by atoms with van der Waals surface area (Å²) in [6.07, 6.45) is 3.66. The number of hydrogen-bond acceptors (Lipinski definition) is 3. The molecule has 20 heavy (non-hydrogen) atoms. The summed E-state index contributed by atoms with van der Waals surface area (Å²) in [6, 6.07) is 6.27. The number of carbonyl (C=O) groups is 1. The second-order valence-corrected chi connectivity index (χ2v) is 5.72. The van der Waals surface area contributed by atoms with E-state index in [2.05, 4.69) is 17.6 Å². The Morgan fingerprint density at radius 3 is 2.85 bits per heavy atom. The third kappa shape index (κ3) is 3.51. The van der Waals surface area contributed by atoms with E-state index in [1.807, 2.05) is 25.1 Å². The number of aliphatic hydroxyl groups is 1. The molecule has 110 valence electrons. The number of nitrogens with one attached hydrogen (secondary N) is 2. The van der Waals surface area contributed by atoms with Gasteiger partial charge in [-0.1, -0.05) is 13.0 Å². The van der Waals surface area contributed by atoms with E-state index in [0.717, 1.165) is 17.2 Å². The van der Waals surface area contributed by atoms with Gasteiger partial charge in [-0.05, 0) is 49.8 Å². The molecule has 1 aliphatic carbocycles. The highest BCUT2D eigenvalue weighted by atomic mass is 16.3. The Bertz CT molecular complexity index is 474. The van der Waals surface area contributed by atoms with Gasteiger partial charge in [-0.2, -0.15) is 0 Å². The Hall–Kier alpha value is -1.55. The van der Waals surface area contributed by atoms with Crippen molar-refractivity contribution >= 4 is 11.6 Å². The van der Waals surface area contributed by atoms with Crippen LogP contribution in [0.4, 0.5) is 5.69 Å². The predicted molar refractivity (Wildman–Crippen MR) is 81.0 cm³/mol. The second-order valence-electron chi connectivity index (χ2n) is 5.72. The van der Waals surface area contributed by atoms with E-state index in [-0.39, 0.29) is 19.1 Å². The molecule has 1 fully saturated rings. The molecular weight excluding hydrogens is 252 g/mol. The molecule has 1 aliphatic rings. The van der Waals surface area contributed by atoms with Crippen molar-refractivity contribution in [1.29, 1.82) is 0 Å². The van der Waals surface area contributed by atoms with Gasteiger partial charge in [-0.15, -0.1) is 0 Å². The number of hydrogen-bond donors (Lipinski definition) is 3. The van der Waals surface area contributed by atoms with Crippen molar-refractivity contribution in [3.63, 3.8) is 0 Å². The molecule has 0 saturated heterocycles. The highest BCUT2D eigenvalue weighted by molar-refractivity contribution is 5.97. The van der Waals surface area contributed by atoms with Crippen LogP contribution in [0.3, 0.4) is 0 Å². The van der Waals surface area contributed by atoms with Crippen LogP contribution in [0.2, 0.25) is 0 Å². The van der Waals surface area contributed by atoms with Gasteiger partial charge in [0.1, 0.15) is 0 Å². The number of rotatable bonds is 5. The van der Waals surface area contributed by atoms with Crippen molar-refractivity contribution in [1.82, 2.24) is 5.32 Å². The minimum atomic E-state index is -0.125. The molecule has 1 aromatic carbocycles. The molecule has 2 unspecified atom stereocenters. The fraction of sp³-hybridized carbons (Fsp3) is 0.562. The second kappa shape index (κ2) is 6.75.